The van der Waals surface area contributed by atoms with Gasteiger partial charge in [0.25, 0.3) is 0 Å². The number of hydrogen-bond acceptors (Lipinski definition) is 6. The number of aryl methyl sites for hydroxylation is 1. The molecule has 37 heavy (non-hydrogen) atoms. The molecule has 0 bridgehead atoms. The van der Waals surface area contributed by atoms with Gasteiger partial charge < -0.3 is 15.0 Å². The van der Waals surface area contributed by atoms with Gasteiger partial charge in [0.2, 0.25) is 0 Å². The number of nitrogens with zero attached hydrogens (tertiary/aromatic N) is 3. The van der Waals surface area contributed by atoms with Gasteiger partial charge in [-0.25, -0.2) is 0 Å². The molecule has 0 spiro atoms. The topological polar surface area (TPSA) is 101 Å². The third kappa shape index (κ3) is 7.09. The van der Waals surface area contributed by atoms with Crippen LogP contribution < -0.4 is 10.2 Å². The van der Waals surface area contributed by atoms with E-state index >= 15 is 0 Å². The second-order valence-electron chi connectivity index (χ2n) is 8.04. The molecule has 7 heteroatoms. The number of carboxylic acid groups (broad SMARTS) is 1. The van der Waals surface area contributed by atoms with Gasteiger partial charge in [-0.05, 0) is 41.8 Å². The van der Waals surface area contributed by atoms with Crippen molar-refractivity contribution in [3.05, 3.63) is 143 Å². The van der Waals surface area contributed by atoms with Crippen LogP contribution in [0.25, 0.3) is 0 Å². The van der Waals surface area contributed by atoms with Crippen LogP contribution in [0.5, 0.6) is 0 Å². The molecule has 0 aliphatic heterocycles. The van der Waals surface area contributed by atoms with E-state index in [1.54, 1.807) is 36.4 Å². The van der Waals surface area contributed by atoms with Crippen molar-refractivity contribution in [3.8, 4) is 0 Å². The Labute approximate surface area is 225 Å². The molecule has 0 saturated carbocycles. The number of aromatic nitrogens is 1. The summed E-state index contributed by atoms with van der Waals surface area (Å²) in [5.74, 6) is -1.78. The Morgan fingerprint density at radius 1 is 0.865 bits per heavy atom. The van der Waals surface area contributed by atoms with E-state index in [4.69, 9.17) is 0 Å². The van der Waals surface area contributed by atoms with Crippen LogP contribution >= 0.6 is 0 Å². The number of hydrogen-bond donors (Lipinski definition) is 0. The van der Waals surface area contributed by atoms with Crippen LogP contribution in [0, 0.1) is 6.92 Å². The first-order chi connectivity index (χ1) is 17.5. The van der Waals surface area contributed by atoms with Crippen molar-refractivity contribution in [2.75, 3.05) is 0 Å². The summed E-state index contributed by atoms with van der Waals surface area (Å²) in [5, 5.41) is 24.7. The maximum absolute atomic E-state index is 12.7. The zero-order chi connectivity index (χ0) is 25.3. The summed E-state index contributed by atoms with van der Waals surface area (Å²) in [6.07, 6.45) is 3.03. The first-order valence-corrected chi connectivity index (χ1v) is 11.4. The molecule has 0 aliphatic carbocycles. The number of carboxylic acids is 1. The third-order valence-electron chi connectivity index (χ3n) is 5.57. The fourth-order valence-corrected chi connectivity index (χ4v) is 3.65. The van der Waals surface area contributed by atoms with Gasteiger partial charge in [0.05, 0.1) is 23.1 Å². The molecule has 0 radical (unpaired) electrons. The molecule has 4 aromatic rings. The van der Waals surface area contributed by atoms with Gasteiger partial charge in [-0.1, -0.05) is 78.9 Å². The van der Waals surface area contributed by atoms with Gasteiger partial charge in [-0.2, -0.15) is 0 Å². The third-order valence-corrected chi connectivity index (χ3v) is 5.57. The van der Waals surface area contributed by atoms with Crippen molar-refractivity contribution in [1.29, 1.82) is 0 Å². The molecule has 0 amide bonds. The van der Waals surface area contributed by atoms with Crippen molar-refractivity contribution >= 4 is 23.3 Å². The first kappa shape index (κ1) is 27.2. The Morgan fingerprint density at radius 3 is 2.24 bits per heavy atom. The molecule has 0 saturated heterocycles. The molecule has 4 rings (SSSR count). The van der Waals surface area contributed by atoms with E-state index in [1.807, 2.05) is 67.6 Å². The summed E-state index contributed by atoms with van der Waals surface area (Å²) in [5.41, 5.74) is 4.33. The largest absolute Gasteiger partial charge is 2.00 e. The van der Waals surface area contributed by atoms with E-state index in [0.29, 0.717) is 17.0 Å². The molecule has 1 aromatic heterocycles. The summed E-state index contributed by atoms with van der Waals surface area (Å²) in [7, 11) is 0. The van der Waals surface area contributed by atoms with E-state index in [9.17, 15) is 15.0 Å². The standard InChI is InChI=1S/C30H25N3O3.Ni/c1-21-11-5-6-14-23(21)19-24(30(35)36)20-32-28(22-12-3-2-4-13-22)25-15-7-8-16-26(25)33-29(34)27-17-9-10-18-31-27;/h2-18,20H,19H2,1H3,(H,33,34)(H,35,36);/q;+2/p-2/b24-20-,32-28?;. The SMILES string of the molecule is Cc1ccccc1C/C(=C/N=C(c1ccccc1)c1ccccc1N=C([O-])c1ccccn1)C(=O)[O-].[Ni+2]. The first-order valence-electron chi connectivity index (χ1n) is 11.4. The number of aliphatic imine (C=N–C) groups is 2. The van der Waals surface area contributed by atoms with Crippen molar-refractivity contribution in [1.82, 2.24) is 4.98 Å². The number of carbonyl (C=O) groups excluding carboxylic acids is 1. The molecule has 0 atom stereocenters. The van der Waals surface area contributed by atoms with Gasteiger partial charge in [0.1, 0.15) is 0 Å². The maximum Gasteiger partial charge on any atom is 2.00 e. The normalized spacial score (nSPS) is 12.1. The minimum atomic E-state index is -1.29. The summed E-state index contributed by atoms with van der Waals surface area (Å²) in [6, 6.07) is 29.1. The van der Waals surface area contributed by atoms with Crippen LogP contribution in [-0.2, 0) is 27.7 Å². The Kier molecular flexibility index (Phi) is 9.64. The number of benzene rings is 3. The van der Waals surface area contributed by atoms with Crippen molar-refractivity contribution in [3.63, 3.8) is 0 Å². The van der Waals surface area contributed by atoms with E-state index in [2.05, 4.69) is 15.0 Å². The van der Waals surface area contributed by atoms with Crippen LogP contribution in [-0.4, -0.2) is 22.6 Å². The molecule has 0 N–H and O–H groups in total. The van der Waals surface area contributed by atoms with Crippen LogP contribution in [0.4, 0.5) is 5.69 Å². The smallest absolute Gasteiger partial charge is 0.857 e. The molecule has 0 fully saturated rings. The predicted molar refractivity (Wildman–Crippen MR) is 137 cm³/mol. The average Bonchev–Trinajstić information content (AvgIpc) is 2.91. The van der Waals surface area contributed by atoms with Gasteiger partial charge in [0.15, 0.2) is 0 Å². The van der Waals surface area contributed by atoms with E-state index < -0.39 is 11.9 Å². The summed E-state index contributed by atoms with van der Waals surface area (Å²) in [4.78, 5) is 24.9. The number of pyridine rings is 1. The molecular formula is C30H23N3NiO3. The van der Waals surface area contributed by atoms with E-state index in [0.717, 1.165) is 16.7 Å². The van der Waals surface area contributed by atoms with Crippen molar-refractivity contribution < 1.29 is 31.5 Å². The summed E-state index contributed by atoms with van der Waals surface area (Å²) >= 11 is 0. The summed E-state index contributed by atoms with van der Waals surface area (Å²) in [6.45, 7) is 1.93. The summed E-state index contributed by atoms with van der Waals surface area (Å²) < 4.78 is 0. The fourth-order valence-electron chi connectivity index (χ4n) is 3.65. The molecule has 1 heterocycles. The minimum Gasteiger partial charge on any atom is -0.857 e. The Balaban J connectivity index is 0.00000380. The maximum atomic E-state index is 12.7. The average molecular weight is 532 g/mol. The van der Waals surface area contributed by atoms with E-state index in [-0.39, 0.29) is 34.2 Å². The van der Waals surface area contributed by atoms with Crippen LogP contribution in [0.3, 0.4) is 0 Å². The van der Waals surface area contributed by atoms with Crippen LogP contribution in [0.15, 0.2) is 125 Å². The zero-order valence-corrected chi connectivity index (χ0v) is 21.0. The number of para-hydroxylation sites is 1. The monoisotopic (exact) mass is 531 g/mol. The quantitative estimate of drug-likeness (QED) is 0.150. The van der Waals surface area contributed by atoms with Crippen molar-refractivity contribution in [2.45, 2.75) is 13.3 Å². The van der Waals surface area contributed by atoms with Gasteiger partial charge in [0, 0.05) is 35.8 Å². The molecule has 186 valence electrons. The second-order valence-corrected chi connectivity index (χ2v) is 8.04. The van der Waals surface area contributed by atoms with Crippen LogP contribution in [0.1, 0.15) is 27.9 Å². The van der Waals surface area contributed by atoms with Crippen LogP contribution in [0.2, 0.25) is 0 Å². The predicted octanol–water partition coefficient (Wildman–Crippen LogP) is 3.54. The molecular weight excluding hydrogens is 509 g/mol. The number of carbonyl (C=O) groups is 1. The number of aliphatic carboxylic acids is 1. The van der Waals surface area contributed by atoms with E-state index in [1.165, 1.54) is 12.4 Å². The Hall–Kier alpha value is -4.35. The zero-order valence-electron chi connectivity index (χ0n) is 20.0. The van der Waals surface area contributed by atoms with Gasteiger partial charge >= 0.3 is 16.5 Å². The molecule has 0 unspecified atom stereocenters. The van der Waals surface area contributed by atoms with Gasteiger partial charge in [-0.15, -0.1) is 0 Å². The molecule has 3 aromatic carbocycles. The van der Waals surface area contributed by atoms with Crippen molar-refractivity contribution in [2.24, 2.45) is 9.98 Å². The number of rotatable bonds is 8. The van der Waals surface area contributed by atoms with Gasteiger partial charge in [-0.3, -0.25) is 15.0 Å². The fraction of sp³-hybridized carbons (Fsp3) is 0.0667. The minimum absolute atomic E-state index is 0. The Morgan fingerprint density at radius 2 is 1.54 bits per heavy atom. The molecule has 6 nitrogen and oxygen atoms in total. The second kappa shape index (κ2) is 13.1. The molecule has 0 aliphatic rings. The Bertz CT molecular complexity index is 1450.